The van der Waals surface area contributed by atoms with E-state index in [1.54, 1.807) is 5.57 Å². The molecule has 0 N–H and O–H groups in total. The first-order chi connectivity index (χ1) is 8.09. The molecule has 0 nitrogen and oxygen atoms in total. The zero-order valence-corrected chi connectivity index (χ0v) is 12.1. The first kappa shape index (κ1) is 13.2. The predicted molar refractivity (Wildman–Crippen MR) is 76.0 cm³/mol. The van der Waals surface area contributed by atoms with Crippen molar-refractivity contribution in [3.63, 3.8) is 0 Å². The van der Waals surface area contributed by atoms with Gasteiger partial charge in [0.25, 0.3) is 0 Å². The van der Waals surface area contributed by atoms with Crippen LogP contribution in [0.5, 0.6) is 0 Å². The van der Waals surface area contributed by atoms with Gasteiger partial charge in [-0.1, -0.05) is 52.2 Å². The summed E-state index contributed by atoms with van der Waals surface area (Å²) in [6.07, 6.45) is 11.2. The molecule has 0 radical (unpaired) electrons. The van der Waals surface area contributed by atoms with Crippen molar-refractivity contribution in [3.8, 4) is 0 Å². The zero-order valence-electron chi connectivity index (χ0n) is 12.1. The molecule has 0 saturated heterocycles. The SMILES string of the molecule is C=C1CCC[C@]2(C)[C@@H]([C@@H](C)CCCC)CC[C@@H]12. The number of rotatable bonds is 4. The largest absolute Gasteiger partial charge is 0.0996 e. The minimum Gasteiger partial charge on any atom is -0.0996 e. The lowest BCUT2D eigenvalue weighted by molar-refractivity contribution is 0.0937. The normalized spacial score (nSPS) is 39.1. The van der Waals surface area contributed by atoms with E-state index in [2.05, 4.69) is 27.4 Å². The summed E-state index contributed by atoms with van der Waals surface area (Å²) in [6, 6.07) is 0. The minimum absolute atomic E-state index is 0.600. The Morgan fingerprint density at radius 3 is 2.88 bits per heavy atom. The van der Waals surface area contributed by atoms with Gasteiger partial charge in [-0.3, -0.25) is 0 Å². The van der Waals surface area contributed by atoms with E-state index in [0.29, 0.717) is 5.41 Å². The Labute approximate surface area is 108 Å². The van der Waals surface area contributed by atoms with E-state index in [-0.39, 0.29) is 0 Å². The smallest absolute Gasteiger partial charge is 0.0149 e. The van der Waals surface area contributed by atoms with Gasteiger partial charge in [0.1, 0.15) is 0 Å². The summed E-state index contributed by atoms with van der Waals surface area (Å²) >= 11 is 0. The summed E-state index contributed by atoms with van der Waals surface area (Å²) in [5.74, 6) is 2.75. The molecule has 4 atom stereocenters. The molecule has 2 saturated carbocycles. The highest BCUT2D eigenvalue weighted by Gasteiger charge is 2.49. The topological polar surface area (TPSA) is 0 Å². The Bertz CT molecular complexity index is 278. The van der Waals surface area contributed by atoms with Gasteiger partial charge in [0.2, 0.25) is 0 Å². The van der Waals surface area contributed by atoms with Crippen LogP contribution in [0.15, 0.2) is 12.2 Å². The molecule has 0 amide bonds. The molecule has 2 fully saturated rings. The molecule has 0 bridgehead atoms. The highest BCUT2D eigenvalue weighted by Crippen LogP contribution is 2.59. The molecule has 0 spiro atoms. The Hall–Kier alpha value is -0.260. The zero-order chi connectivity index (χ0) is 12.5. The number of fused-ring (bicyclic) bond motifs is 1. The highest BCUT2D eigenvalue weighted by molar-refractivity contribution is 5.15. The van der Waals surface area contributed by atoms with Gasteiger partial charge in [0.15, 0.2) is 0 Å². The summed E-state index contributed by atoms with van der Waals surface area (Å²) in [5.41, 5.74) is 2.17. The van der Waals surface area contributed by atoms with Crippen molar-refractivity contribution in [2.24, 2.45) is 23.2 Å². The van der Waals surface area contributed by atoms with Crippen LogP contribution in [0.2, 0.25) is 0 Å². The van der Waals surface area contributed by atoms with E-state index in [1.807, 2.05) is 0 Å². The Balaban J connectivity index is 2.07. The summed E-state index contributed by atoms with van der Waals surface area (Å²) in [7, 11) is 0. The lowest BCUT2D eigenvalue weighted by Gasteiger charge is -2.44. The quantitative estimate of drug-likeness (QED) is 0.557. The van der Waals surface area contributed by atoms with Crippen LogP contribution in [-0.2, 0) is 0 Å². The van der Waals surface area contributed by atoms with Crippen LogP contribution in [0.4, 0.5) is 0 Å². The van der Waals surface area contributed by atoms with E-state index in [4.69, 9.17) is 0 Å². The fourth-order valence-electron chi connectivity index (χ4n) is 4.83. The molecule has 98 valence electrons. The first-order valence-electron chi connectivity index (χ1n) is 7.77. The maximum atomic E-state index is 4.36. The van der Waals surface area contributed by atoms with Gasteiger partial charge in [-0.2, -0.15) is 0 Å². The molecule has 0 unspecified atom stereocenters. The fourth-order valence-corrected chi connectivity index (χ4v) is 4.83. The van der Waals surface area contributed by atoms with Gasteiger partial charge in [-0.15, -0.1) is 0 Å². The van der Waals surface area contributed by atoms with Crippen LogP contribution >= 0.6 is 0 Å². The molecule has 17 heavy (non-hydrogen) atoms. The third kappa shape index (κ3) is 2.33. The third-order valence-corrected chi connectivity index (χ3v) is 5.82. The average molecular weight is 234 g/mol. The number of unbranched alkanes of at least 4 members (excludes halogenated alkanes) is 1. The summed E-state index contributed by atoms with van der Waals surface area (Å²) < 4.78 is 0. The van der Waals surface area contributed by atoms with Gasteiger partial charge in [0, 0.05) is 0 Å². The molecule has 2 aliphatic rings. The Morgan fingerprint density at radius 2 is 2.18 bits per heavy atom. The lowest BCUT2D eigenvalue weighted by atomic mass is 9.61. The van der Waals surface area contributed by atoms with Gasteiger partial charge in [0.05, 0.1) is 0 Å². The van der Waals surface area contributed by atoms with Crippen molar-refractivity contribution < 1.29 is 0 Å². The van der Waals surface area contributed by atoms with Crippen LogP contribution in [0.1, 0.15) is 72.1 Å². The molecule has 2 aliphatic carbocycles. The van der Waals surface area contributed by atoms with E-state index in [0.717, 1.165) is 17.8 Å². The fraction of sp³-hybridized carbons (Fsp3) is 0.882. The van der Waals surface area contributed by atoms with Gasteiger partial charge in [-0.25, -0.2) is 0 Å². The Kier molecular flexibility index (Phi) is 4.00. The van der Waals surface area contributed by atoms with E-state index in [9.17, 15) is 0 Å². The average Bonchev–Trinajstić information content (AvgIpc) is 2.64. The van der Waals surface area contributed by atoms with Crippen LogP contribution in [-0.4, -0.2) is 0 Å². The molecular weight excluding hydrogens is 204 g/mol. The van der Waals surface area contributed by atoms with Crippen LogP contribution < -0.4 is 0 Å². The molecule has 0 aromatic carbocycles. The lowest BCUT2D eigenvalue weighted by Crippen LogP contribution is -2.35. The van der Waals surface area contributed by atoms with Crippen molar-refractivity contribution in [3.05, 3.63) is 12.2 Å². The summed E-state index contributed by atoms with van der Waals surface area (Å²) in [4.78, 5) is 0. The maximum Gasteiger partial charge on any atom is -0.0149 e. The van der Waals surface area contributed by atoms with Crippen LogP contribution in [0.25, 0.3) is 0 Å². The second-order valence-corrected chi connectivity index (χ2v) is 6.87. The first-order valence-corrected chi connectivity index (χ1v) is 7.77. The molecule has 0 aromatic heterocycles. The van der Waals surface area contributed by atoms with Crippen molar-refractivity contribution in [2.75, 3.05) is 0 Å². The number of hydrogen-bond donors (Lipinski definition) is 0. The van der Waals surface area contributed by atoms with Crippen LogP contribution in [0, 0.1) is 23.2 Å². The van der Waals surface area contributed by atoms with Gasteiger partial charge >= 0.3 is 0 Å². The monoisotopic (exact) mass is 234 g/mol. The minimum atomic E-state index is 0.600. The second kappa shape index (κ2) is 5.16. The summed E-state index contributed by atoms with van der Waals surface area (Å²) in [5, 5.41) is 0. The van der Waals surface area contributed by atoms with Gasteiger partial charge in [-0.05, 0) is 55.3 Å². The van der Waals surface area contributed by atoms with Gasteiger partial charge < -0.3 is 0 Å². The van der Waals surface area contributed by atoms with Crippen molar-refractivity contribution in [2.45, 2.75) is 72.1 Å². The van der Waals surface area contributed by atoms with E-state index >= 15 is 0 Å². The van der Waals surface area contributed by atoms with Crippen LogP contribution in [0.3, 0.4) is 0 Å². The maximum absolute atomic E-state index is 4.36. The molecule has 0 aromatic rings. The number of allylic oxidation sites excluding steroid dienone is 1. The molecule has 0 heteroatoms. The van der Waals surface area contributed by atoms with E-state index < -0.39 is 0 Å². The van der Waals surface area contributed by atoms with Crippen molar-refractivity contribution in [1.82, 2.24) is 0 Å². The Morgan fingerprint density at radius 1 is 1.41 bits per heavy atom. The van der Waals surface area contributed by atoms with Crippen molar-refractivity contribution in [1.29, 1.82) is 0 Å². The molecular formula is C17H30. The number of hydrogen-bond acceptors (Lipinski definition) is 0. The van der Waals surface area contributed by atoms with E-state index in [1.165, 1.54) is 51.4 Å². The predicted octanol–water partition coefficient (Wildman–Crippen LogP) is 5.59. The van der Waals surface area contributed by atoms with Crippen molar-refractivity contribution >= 4 is 0 Å². The second-order valence-electron chi connectivity index (χ2n) is 6.87. The molecule has 2 rings (SSSR count). The highest BCUT2D eigenvalue weighted by atomic mass is 14.5. The summed E-state index contributed by atoms with van der Waals surface area (Å²) in [6.45, 7) is 11.7. The molecule has 0 aliphatic heterocycles. The third-order valence-electron chi connectivity index (χ3n) is 5.82. The molecule has 0 heterocycles. The standard InChI is InChI=1S/C17H30/c1-5-6-8-13(2)15-10-11-16-14(3)9-7-12-17(15,16)4/h13,15-16H,3,5-12H2,1-2,4H3/t13-,15+,16-,17+/m0/s1.